The quantitative estimate of drug-likeness (QED) is 0.576. The van der Waals surface area contributed by atoms with Crippen molar-refractivity contribution in [1.29, 1.82) is 0 Å². The van der Waals surface area contributed by atoms with Crippen LogP contribution in [0.2, 0.25) is 0 Å². The predicted octanol–water partition coefficient (Wildman–Crippen LogP) is 4.82. The van der Waals surface area contributed by atoms with Crippen molar-refractivity contribution in [2.75, 3.05) is 18.0 Å². The molecule has 2 aromatic carbocycles. The van der Waals surface area contributed by atoms with Crippen molar-refractivity contribution in [3.05, 3.63) is 78.1 Å². The molecule has 1 aliphatic rings. The van der Waals surface area contributed by atoms with E-state index in [2.05, 4.69) is 15.3 Å². The minimum atomic E-state index is -4.41. The molecule has 0 saturated carbocycles. The number of amides is 1. The fourth-order valence-corrected chi connectivity index (χ4v) is 3.75. The van der Waals surface area contributed by atoms with Crippen molar-refractivity contribution in [3.8, 4) is 11.6 Å². The molecule has 0 radical (unpaired) electrons. The first kappa shape index (κ1) is 22.6. The van der Waals surface area contributed by atoms with Crippen LogP contribution in [0.15, 0.2) is 67.0 Å². The van der Waals surface area contributed by atoms with E-state index < -0.39 is 11.7 Å². The Hall–Kier alpha value is -3.62. The molecule has 1 N–H and O–H groups in total. The van der Waals surface area contributed by atoms with Gasteiger partial charge in [0.25, 0.3) is 5.88 Å². The highest BCUT2D eigenvalue weighted by Gasteiger charge is 2.31. The summed E-state index contributed by atoms with van der Waals surface area (Å²) in [4.78, 5) is 23.4. The molecule has 0 spiro atoms. The van der Waals surface area contributed by atoms with Crippen LogP contribution in [0.3, 0.4) is 0 Å². The second kappa shape index (κ2) is 9.89. The molecule has 0 unspecified atom stereocenters. The zero-order valence-electron chi connectivity index (χ0n) is 17.8. The Labute approximate surface area is 189 Å². The number of carbonyl (C=O) groups is 1. The van der Waals surface area contributed by atoms with Gasteiger partial charge in [-0.05, 0) is 42.7 Å². The van der Waals surface area contributed by atoms with E-state index in [4.69, 9.17) is 4.74 Å². The molecular weight excluding hydrogens is 433 g/mol. The molecule has 4 rings (SSSR count). The van der Waals surface area contributed by atoms with Crippen LogP contribution in [0, 0.1) is 5.92 Å². The lowest BCUT2D eigenvalue weighted by Gasteiger charge is -2.32. The van der Waals surface area contributed by atoms with E-state index in [1.54, 1.807) is 18.5 Å². The topological polar surface area (TPSA) is 67.4 Å². The zero-order valence-corrected chi connectivity index (χ0v) is 17.8. The largest absolute Gasteiger partial charge is 0.436 e. The Kier molecular flexibility index (Phi) is 6.76. The van der Waals surface area contributed by atoms with E-state index in [0.29, 0.717) is 48.9 Å². The Morgan fingerprint density at radius 1 is 1.03 bits per heavy atom. The summed E-state index contributed by atoms with van der Waals surface area (Å²) in [6.07, 6.45) is -0.0569. The van der Waals surface area contributed by atoms with Gasteiger partial charge in [0.2, 0.25) is 5.91 Å². The van der Waals surface area contributed by atoms with Gasteiger partial charge in [0.15, 0.2) is 5.82 Å². The number of hydrogen-bond donors (Lipinski definition) is 1. The number of hydrogen-bond acceptors (Lipinski definition) is 5. The first-order valence-corrected chi connectivity index (χ1v) is 10.6. The van der Waals surface area contributed by atoms with Crippen molar-refractivity contribution in [3.63, 3.8) is 0 Å². The highest BCUT2D eigenvalue weighted by molar-refractivity contribution is 5.79. The molecular formula is C24H23F3N4O2. The molecule has 6 nitrogen and oxygen atoms in total. The smallest absolute Gasteiger partial charge is 0.416 e. The number of rotatable bonds is 6. The van der Waals surface area contributed by atoms with Crippen LogP contribution in [0.25, 0.3) is 0 Å². The molecule has 1 amide bonds. The zero-order chi connectivity index (χ0) is 23.3. The summed E-state index contributed by atoms with van der Waals surface area (Å²) in [5.74, 6) is 1.29. The van der Waals surface area contributed by atoms with Crippen LogP contribution in [0.5, 0.6) is 11.6 Å². The van der Waals surface area contributed by atoms with Crippen molar-refractivity contribution in [1.82, 2.24) is 15.3 Å². The summed E-state index contributed by atoms with van der Waals surface area (Å²) >= 11 is 0. The first-order valence-electron chi connectivity index (χ1n) is 10.6. The Balaban J connectivity index is 1.33. The van der Waals surface area contributed by atoms with Crippen LogP contribution < -0.4 is 15.0 Å². The molecule has 1 aliphatic heterocycles. The number of nitrogens with one attached hydrogen (secondary N) is 1. The fraction of sp³-hybridized carbons (Fsp3) is 0.292. The van der Waals surface area contributed by atoms with Gasteiger partial charge in [0, 0.05) is 37.9 Å². The van der Waals surface area contributed by atoms with Gasteiger partial charge < -0.3 is 15.0 Å². The number of ether oxygens (including phenoxy) is 1. The van der Waals surface area contributed by atoms with E-state index in [1.165, 1.54) is 6.07 Å². The average molecular weight is 456 g/mol. The molecule has 0 aliphatic carbocycles. The molecule has 2 heterocycles. The van der Waals surface area contributed by atoms with E-state index in [-0.39, 0.29) is 18.4 Å². The summed E-state index contributed by atoms with van der Waals surface area (Å²) in [5, 5.41) is 2.77. The standard InChI is InChI=1S/C24H23F3N4O2/c25-24(26,27)19-6-4-5-17(15-19)16-30-22(32)18-9-13-31(14-10-18)21-23(29-12-11-28-21)33-20-7-2-1-3-8-20/h1-8,11-12,15,18H,9-10,13-14,16H2,(H,30,32). The van der Waals surface area contributed by atoms with E-state index in [9.17, 15) is 18.0 Å². The van der Waals surface area contributed by atoms with Gasteiger partial charge in [0.05, 0.1) is 5.56 Å². The number of piperidine rings is 1. The van der Waals surface area contributed by atoms with E-state index in [1.807, 2.05) is 35.2 Å². The van der Waals surface area contributed by atoms with Gasteiger partial charge in [-0.2, -0.15) is 13.2 Å². The van der Waals surface area contributed by atoms with E-state index in [0.717, 1.165) is 12.1 Å². The third-order valence-corrected chi connectivity index (χ3v) is 5.49. The minimum absolute atomic E-state index is 0.0577. The fourth-order valence-electron chi connectivity index (χ4n) is 3.75. The molecule has 0 atom stereocenters. The Bertz CT molecular complexity index is 1080. The van der Waals surface area contributed by atoms with Crippen LogP contribution in [-0.4, -0.2) is 29.0 Å². The number of halogens is 3. The third-order valence-electron chi connectivity index (χ3n) is 5.49. The Morgan fingerprint density at radius 2 is 1.76 bits per heavy atom. The second-order valence-corrected chi connectivity index (χ2v) is 7.78. The van der Waals surface area contributed by atoms with Gasteiger partial charge >= 0.3 is 6.18 Å². The van der Waals surface area contributed by atoms with Crippen molar-refractivity contribution in [2.24, 2.45) is 5.92 Å². The number of nitrogens with zero attached hydrogens (tertiary/aromatic N) is 3. The lowest BCUT2D eigenvalue weighted by molar-refractivity contribution is -0.137. The van der Waals surface area contributed by atoms with Crippen LogP contribution in [0.1, 0.15) is 24.0 Å². The highest BCUT2D eigenvalue weighted by Crippen LogP contribution is 2.31. The summed E-state index contributed by atoms with van der Waals surface area (Å²) in [7, 11) is 0. The first-order chi connectivity index (χ1) is 15.9. The molecule has 172 valence electrons. The molecule has 1 aromatic heterocycles. The number of alkyl halides is 3. The maximum Gasteiger partial charge on any atom is 0.416 e. The van der Waals surface area contributed by atoms with Gasteiger partial charge in [-0.1, -0.05) is 30.3 Å². The average Bonchev–Trinajstić information content (AvgIpc) is 2.83. The van der Waals surface area contributed by atoms with Crippen molar-refractivity contribution in [2.45, 2.75) is 25.6 Å². The van der Waals surface area contributed by atoms with Crippen molar-refractivity contribution < 1.29 is 22.7 Å². The van der Waals surface area contributed by atoms with Crippen LogP contribution >= 0.6 is 0 Å². The number of benzene rings is 2. The van der Waals surface area contributed by atoms with Crippen molar-refractivity contribution >= 4 is 11.7 Å². The molecule has 3 aromatic rings. The van der Waals surface area contributed by atoms with Gasteiger partial charge in [0.1, 0.15) is 5.75 Å². The molecule has 1 saturated heterocycles. The SMILES string of the molecule is O=C(NCc1cccc(C(F)(F)F)c1)C1CCN(c2nccnc2Oc2ccccc2)CC1. The third kappa shape index (κ3) is 5.79. The molecule has 9 heteroatoms. The van der Waals surface area contributed by atoms with Crippen LogP contribution in [-0.2, 0) is 17.5 Å². The lowest BCUT2D eigenvalue weighted by Crippen LogP contribution is -2.40. The maximum atomic E-state index is 12.9. The number of anilines is 1. The lowest BCUT2D eigenvalue weighted by atomic mass is 9.96. The maximum absolute atomic E-state index is 12.9. The predicted molar refractivity (Wildman–Crippen MR) is 117 cm³/mol. The second-order valence-electron chi connectivity index (χ2n) is 7.78. The summed E-state index contributed by atoms with van der Waals surface area (Å²) in [5.41, 5.74) is -0.307. The number of carbonyl (C=O) groups excluding carboxylic acids is 1. The van der Waals surface area contributed by atoms with Crippen LogP contribution in [0.4, 0.5) is 19.0 Å². The normalized spacial score (nSPS) is 14.7. The van der Waals surface area contributed by atoms with E-state index >= 15 is 0 Å². The van der Waals surface area contributed by atoms with Gasteiger partial charge in [-0.15, -0.1) is 0 Å². The molecule has 1 fully saturated rings. The molecule has 33 heavy (non-hydrogen) atoms. The minimum Gasteiger partial charge on any atom is -0.436 e. The number of para-hydroxylation sites is 1. The summed E-state index contributed by atoms with van der Waals surface area (Å²) in [6.45, 7) is 1.24. The highest BCUT2D eigenvalue weighted by atomic mass is 19.4. The summed E-state index contributed by atoms with van der Waals surface area (Å²) < 4.78 is 44.5. The molecule has 0 bridgehead atoms. The summed E-state index contributed by atoms with van der Waals surface area (Å²) in [6, 6.07) is 14.3. The number of aromatic nitrogens is 2. The van der Waals surface area contributed by atoms with Gasteiger partial charge in [-0.3, -0.25) is 4.79 Å². The van der Waals surface area contributed by atoms with Gasteiger partial charge in [-0.25, -0.2) is 9.97 Å². The monoisotopic (exact) mass is 456 g/mol. The Morgan fingerprint density at radius 3 is 2.48 bits per heavy atom.